The molecule has 0 saturated heterocycles. The first kappa shape index (κ1) is 15.0. The van der Waals surface area contributed by atoms with E-state index in [1.54, 1.807) is 42.7 Å². The first-order valence-corrected chi connectivity index (χ1v) is 8.70. The smallest absolute Gasteiger partial charge is 0.242 e. The van der Waals surface area contributed by atoms with Crippen LogP contribution < -0.4 is 10.0 Å². The van der Waals surface area contributed by atoms with Gasteiger partial charge in [-0.2, -0.15) is 0 Å². The molecule has 20 heavy (non-hydrogen) atoms. The van der Waals surface area contributed by atoms with Crippen LogP contribution in [0.1, 0.15) is 11.9 Å². The summed E-state index contributed by atoms with van der Waals surface area (Å²) in [6.07, 6.45) is 2.54. The summed E-state index contributed by atoms with van der Waals surface area (Å²) in [5, 5.41) is 6.12. The number of aromatic nitrogens is 1. The van der Waals surface area contributed by atoms with Crippen LogP contribution in [0.15, 0.2) is 40.7 Å². The molecule has 0 radical (unpaired) electrons. The number of para-hydroxylation sites is 1. The van der Waals surface area contributed by atoms with Crippen LogP contribution in [0.25, 0.3) is 0 Å². The van der Waals surface area contributed by atoms with Gasteiger partial charge >= 0.3 is 0 Å². The Hall–Kier alpha value is -1.44. The third-order valence-electron chi connectivity index (χ3n) is 2.65. The van der Waals surface area contributed by atoms with Gasteiger partial charge in [0.05, 0.1) is 10.7 Å². The number of benzene rings is 1. The largest absolute Gasteiger partial charge is 0.384 e. The molecule has 0 amide bonds. The fourth-order valence-electron chi connectivity index (χ4n) is 1.80. The minimum atomic E-state index is -3.45. The van der Waals surface area contributed by atoms with E-state index in [2.05, 4.69) is 15.0 Å². The fraction of sp³-hybridized carbons (Fsp3) is 0.308. The number of hydrogen-bond acceptors (Lipinski definition) is 5. The van der Waals surface area contributed by atoms with Gasteiger partial charge in [-0.05, 0) is 12.1 Å². The number of rotatable bonds is 7. The summed E-state index contributed by atoms with van der Waals surface area (Å²) in [5.41, 5.74) is 0.616. The quantitative estimate of drug-likeness (QED) is 0.821. The van der Waals surface area contributed by atoms with Crippen LogP contribution in [0.4, 0.5) is 5.69 Å². The SMILES string of the molecule is CCNS(=O)(=O)c1ccccc1NCCc1nccs1. The van der Waals surface area contributed by atoms with Crippen LogP contribution in [-0.4, -0.2) is 26.5 Å². The van der Waals surface area contributed by atoms with Crippen molar-refractivity contribution in [3.05, 3.63) is 40.8 Å². The van der Waals surface area contributed by atoms with Crippen LogP contribution in [0.5, 0.6) is 0 Å². The molecule has 2 N–H and O–H groups in total. The lowest BCUT2D eigenvalue weighted by molar-refractivity contribution is 0.584. The Morgan fingerprint density at radius 2 is 2.10 bits per heavy atom. The highest BCUT2D eigenvalue weighted by Gasteiger charge is 2.16. The van der Waals surface area contributed by atoms with Gasteiger partial charge in [-0.25, -0.2) is 18.1 Å². The first-order chi connectivity index (χ1) is 9.63. The molecule has 2 aromatic rings. The number of nitrogens with one attached hydrogen (secondary N) is 2. The maximum Gasteiger partial charge on any atom is 0.242 e. The molecular weight excluding hydrogens is 294 g/mol. The van der Waals surface area contributed by atoms with Crippen molar-refractivity contribution < 1.29 is 8.42 Å². The molecule has 1 heterocycles. The van der Waals surface area contributed by atoms with Gasteiger partial charge in [0.25, 0.3) is 0 Å². The first-order valence-electron chi connectivity index (χ1n) is 6.34. The zero-order chi connectivity index (χ0) is 14.4. The van der Waals surface area contributed by atoms with Crippen molar-refractivity contribution in [2.45, 2.75) is 18.2 Å². The molecule has 1 aromatic heterocycles. The average Bonchev–Trinajstić information content (AvgIpc) is 2.92. The monoisotopic (exact) mass is 311 g/mol. The van der Waals surface area contributed by atoms with Gasteiger partial charge in [0.15, 0.2) is 0 Å². The summed E-state index contributed by atoms with van der Waals surface area (Å²) in [6.45, 7) is 2.78. The Bertz CT molecular complexity index is 639. The molecule has 0 saturated carbocycles. The third-order valence-corrected chi connectivity index (χ3v) is 5.09. The fourth-order valence-corrected chi connectivity index (χ4v) is 3.64. The summed E-state index contributed by atoms with van der Waals surface area (Å²) >= 11 is 1.59. The predicted molar refractivity (Wildman–Crippen MR) is 81.6 cm³/mol. The maximum atomic E-state index is 12.1. The molecule has 0 atom stereocenters. The molecule has 0 aliphatic heterocycles. The lowest BCUT2D eigenvalue weighted by atomic mass is 10.3. The van der Waals surface area contributed by atoms with E-state index in [1.165, 1.54) is 0 Å². The molecule has 0 bridgehead atoms. The van der Waals surface area contributed by atoms with E-state index < -0.39 is 10.0 Å². The normalized spacial score (nSPS) is 11.4. The van der Waals surface area contributed by atoms with Gasteiger partial charge < -0.3 is 5.32 Å². The topological polar surface area (TPSA) is 71.1 Å². The lowest BCUT2D eigenvalue weighted by Gasteiger charge is -2.12. The van der Waals surface area contributed by atoms with Gasteiger partial charge in [0.2, 0.25) is 10.0 Å². The van der Waals surface area contributed by atoms with Crippen molar-refractivity contribution >= 4 is 27.0 Å². The second-order valence-electron chi connectivity index (χ2n) is 4.10. The molecule has 2 rings (SSSR count). The molecule has 0 aliphatic rings. The number of hydrogen-bond donors (Lipinski definition) is 2. The molecule has 0 aliphatic carbocycles. The molecule has 108 valence electrons. The average molecular weight is 311 g/mol. The molecular formula is C13H17N3O2S2. The molecule has 0 unspecified atom stereocenters. The van der Waals surface area contributed by atoms with Crippen LogP contribution >= 0.6 is 11.3 Å². The molecule has 1 aromatic carbocycles. The van der Waals surface area contributed by atoms with Crippen LogP contribution in [0.2, 0.25) is 0 Å². The summed E-state index contributed by atoms with van der Waals surface area (Å²) in [7, 11) is -3.45. The maximum absolute atomic E-state index is 12.1. The second-order valence-corrected chi connectivity index (χ2v) is 6.81. The summed E-state index contributed by atoms with van der Waals surface area (Å²) in [4.78, 5) is 4.47. The van der Waals surface area contributed by atoms with E-state index in [4.69, 9.17) is 0 Å². The second kappa shape index (κ2) is 6.83. The van der Waals surface area contributed by atoms with Gasteiger partial charge in [-0.15, -0.1) is 11.3 Å². The number of sulfonamides is 1. The van der Waals surface area contributed by atoms with Crippen molar-refractivity contribution in [1.82, 2.24) is 9.71 Å². The predicted octanol–water partition coefficient (Wildman–Crippen LogP) is 2.10. The Labute approximate surface area is 123 Å². The Morgan fingerprint density at radius 3 is 2.80 bits per heavy atom. The zero-order valence-electron chi connectivity index (χ0n) is 11.2. The number of thiazole rings is 1. The number of anilines is 1. The highest BCUT2D eigenvalue weighted by Crippen LogP contribution is 2.20. The number of nitrogens with zero attached hydrogens (tertiary/aromatic N) is 1. The van der Waals surface area contributed by atoms with Crippen molar-refractivity contribution in [3.8, 4) is 0 Å². The third kappa shape index (κ3) is 3.78. The van der Waals surface area contributed by atoms with E-state index in [9.17, 15) is 8.42 Å². The Balaban J connectivity index is 2.08. The van der Waals surface area contributed by atoms with Crippen molar-refractivity contribution in [1.29, 1.82) is 0 Å². The Kier molecular flexibility index (Phi) is 5.11. The van der Waals surface area contributed by atoms with Crippen LogP contribution in [0, 0.1) is 0 Å². The summed E-state index contributed by atoms with van der Waals surface area (Å²) in [5.74, 6) is 0. The van der Waals surface area contributed by atoms with E-state index in [0.29, 0.717) is 18.8 Å². The van der Waals surface area contributed by atoms with Crippen molar-refractivity contribution in [3.63, 3.8) is 0 Å². The van der Waals surface area contributed by atoms with Crippen molar-refractivity contribution in [2.75, 3.05) is 18.4 Å². The highest BCUT2D eigenvalue weighted by molar-refractivity contribution is 7.89. The molecule has 0 fully saturated rings. The summed E-state index contributed by atoms with van der Waals surface area (Å²) in [6, 6.07) is 6.91. The van der Waals surface area contributed by atoms with E-state index in [0.717, 1.165) is 11.4 Å². The van der Waals surface area contributed by atoms with E-state index >= 15 is 0 Å². The summed E-state index contributed by atoms with van der Waals surface area (Å²) < 4.78 is 26.7. The van der Waals surface area contributed by atoms with Crippen molar-refractivity contribution in [2.24, 2.45) is 0 Å². The van der Waals surface area contributed by atoms with Gasteiger partial charge in [0.1, 0.15) is 4.90 Å². The zero-order valence-corrected chi connectivity index (χ0v) is 12.8. The van der Waals surface area contributed by atoms with Crippen LogP contribution in [0.3, 0.4) is 0 Å². The van der Waals surface area contributed by atoms with Gasteiger partial charge in [0, 0.05) is 31.1 Å². The van der Waals surface area contributed by atoms with E-state index in [1.807, 2.05) is 11.4 Å². The molecule has 5 nitrogen and oxygen atoms in total. The highest BCUT2D eigenvalue weighted by atomic mass is 32.2. The Morgan fingerprint density at radius 1 is 1.30 bits per heavy atom. The van der Waals surface area contributed by atoms with Gasteiger partial charge in [-0.3, -0.25) is 0 Å². The lowest BCUT2D eigenvalue weighted by Crippen LogP contribution is -2.24. The molecule has 0 spiro atoms. The standard InChI is InChI=1S/C13H17N3O2S2/c1-2-16-20(17,18)12-6-4-3-5-11(12)14-8-7-13-15-9-10-19-13/h3-6,9-10,14,16H,2,7-8H2,1H3. The minimum Gasteiger partial charge on any atom is -0.384 e. The van der Waals surface area contributed by atoms with Crippen LogP contribution in [-0.2, 0) is 16.4 Å². The minimum absolute atomic E-state index is 0.279. The van der Waals surface area contributed by atoms with E-state index in [-0.39, 0.29) is 4.90 Å². The molecule has 7 heteroatoms. The van der Waals surface area contributed by atoms with Gasteiger partial charge in [-0.1, -0.05) is 19.1 Å².